The Kier molecular flexibility index (Phi) is 8.06. The van der Waals surface area contributed by atoms with Crippen LogP contribution in [0.25, 0.3) is 0 Å². The summed E-state index contributed by atoms with van der Waals surface area (Å²) in [5, 5.41) is 10.7. The first-order valence-electron chi connectivity index (χ1n) is 9.29. The number of benzene rings is 1. The smallest absolute Gasteiger partial charge is 0.231 e. The van der Waals surface area contributed by atoms with Crippen molar-refractivity contribution in [1.29, 1.82) is 0 Å². The lowest BCUT2D eigenvalue weighted by Crippen LogP contribution is -2.27. The van der Waals surface area contributed by atoms with Crippen LogP contribution in [0.1, 0.15) is 43.5 Å². The normalized spacial score (nSPS) is 14.4. The van der Waals surface area contributed by atoms with Gasteiger partial charge < -0.3 is 10.1 Å². The summed E-state index contributed by atoms with van der Waals surface area (Å²) in [6.07, 6.45) is 3.29. The van der Waals surface area contributed by atoms with E-state index in [4.69, 9.17) is 4.74 Å². The number of nitrogens with zero attached hydrogens (tertiary/aromatic N) is 3. The number of ether oxygens (including phenoxy) is 1. The minimum atomic E-state index is -0.106. The van der Waals surface area contributed by atoms with Crippen molar-refractivity contribution < 1.29 is 9.53 Å². The number of carbonyl (C=O) groups is 1. The highest BCUT2D eigenvalue weighted by Crippen LogP contribution is 2.23. The van der Waals surface area contributed by atoms with Crippen LogP contribution in [0.5, 0.6) is 5.75 Å². The van der Waals surface area contributed by atoms with E-state index in [2.05, 4.69) is 27.6 Å². The molecule has 0 atom stereocenters. The molecular formula is C19H28ClN5O2. The number of anilines is 1. The number of hydrogen-bond acceptors (Lipinski definition) is 5. The molecule has 1 aliphatic heterocycles. The van der Waals surface area contributed by atoms with Crippen molar-refractivity contribution in [3.63, 3.8) is 0 Å². The molecule has 1 aromatic heterocycles. The Balaban J connectivity index is 0.00000261. The summed E-state index contributed by atoms with van der Waals surface area (Å²) in [4.78, 5) is 16.9. The molecule has 1 fully saturated rings. The molecule has 1 amide bonds. The molecule has 148 valence electrons. The van der Waals surface area contributed by atoms with E-state index in [9.17, 15) is 4.79 Å². The second-order valence-electron chi connectivity index (χ2n) is 6.66. The fourth-order valence-corrected chi connectivity index (χ4v) is 3.09. The van der Waals surface area contributed by atoms with Crippen LogP contribution in [0.15, 0.2) is 24.3 Å². The van der Waals surface area contributed by atoms with Crippen molar-refractivity contribution in [2.45, 2.75) is 38.5 Å². The number of halogens is 1. The van der Waals surface area contributed by atoms with Gasteiger partial charge in [0.2, 0.25) is 11.9 Å². The van der Waals surface area contributed by atoms with Crippen LogP contribution in [-0.2, 0) is 18.3 Å². The molecule has 2 aromatic rings. The number of hydrogen-bond donors (Lipinski definition) is 2. The van der Waals surface area contributed by atoms with Crippen LogP contribution >= 0.6 is 12.4 Å². The lowest BCUT2D eigenvalue weighted by molar-refractivity contribution is -0.115. The highest BCUT2D eigenvalue weighted by atomic mass is 35.5. The fraction of sp³-hybridized carbons (Fsp3) is 0.526. The third kappa shape index (κ3) is 5.94. The first-order valence-corrected chi connectivity index (χ1v) is 9.29. The molecule has 2 N–H and O–H groups in total. The SMILES string of the molecule is CCCOc1cccc(CC(=O)Nc2nc(C3CCNCC3)nn2C)c1.Cl. The number of rotatable bonds is 7. The Bertz CT molecular complexity index is 743. The van der Waals surface area contributed by atoms with E-state index in [1.165, 1.54) is 0 Å². The minimum absolute atomic E-state index is 0. The van der Waals surface area contributed by atoms with Crippen LogP contribution < -0.4 is 15.4 Å². The number of carbonyl (C=O) groups excluding carboxylic acids is 1. The van der Waals surface area contributed by atoms with E-state index in [0.29, 0.717) is 18.5 Å². The largest absolute Gasteiger partial charge is 0.494 e. The first-order chi connectivity index (χ1) is 12.7. The van der Waals surface area contributed by atoms with Crippen LogP contribution in [0, 0.1) is 0 Å². The van der Waals surface area contributed by atoms with Gasteiger partial charge in [-0.05, 0) is 50.0 Å². The van der Waals surface area contributed by atoms with Gasteiger partial charge in [-0.2, -0.15) is 10.1 Å². The summed E-state index contributed by atoms with van der Waals surface area (Å²) in [6.45, 7) is 4.71. The molecule has 0 bridgehead atoms. The minimum Gasteiger partial charge on any atom is -0.494 e. The highest BCUT2D eigenvalue weighted by Gasteiger charge is 2.21. The molecule has 0 unspecified atom stereocenters. The molecule has 1 saturated heterocycles. The number of aryl methyl sites for hydroxylation is 1. The van der Waals surface area contributed by atoms with Gasteiger partial charge in [-0.3, -0.25) is 10.1 Å². The maximum Gasteiger partial charge on any atom is 0.231 e. The topological polar surface area (TPSA) is 81.1 Å². The van der Waals surface area contributed by atoms with Crippen molar-refractivity contribution in [1.82, 2.24) is 20.1 Å². The van der Waals surface area contributed by atoms with Gasteiger partial charge in [0.05, 0.1) is 13.0 Å². The Morgan fingerprint density at radius 1 is 1.37 bits per heavy atom. The van der Waals surface area contributed by atoms with Gasteiger partial charge in [0, 0.05) is 13.0 Å². The monoisotopic (exact) mass is 393 g/mol. The zero-order valence-electron chi connectivity index (χ0n) is 15.9. The van der Waals surface area contributed by atoms with Crippen molar-refractivity contribution in [2.24, 2.45) is 7.05 Å². The molecule has 0 spiro atoms. The summed E-state index contributed by atoms with van der Waals surface area (Å²) >= 11 is 0. The molecule has 1 aromatic carbocycles. The van der Waals surface area contributed by atoms with Crippen molar-refractivity contribution in [3.05, 3.63) is 35.7 Å². The maximum absolute atomic E-state index is 12.4. The quantitative estimate of drug-likeness (QED) is 0.755. The molecule has 7 nitrogen and oxygen atoms in total. The maximum atomic E-state index is 12.4. The molecule has 0 radical (unpaired) electrons. The Hall–Kier alpha value is -2.12. The summed E-state index contributed by atoms with van der Waals surface area (Å²) in [5.41, 5.74) is 0.914. The third-order valence-electron chi connectivity index (χ3n) is 4.47. The average Bonchev–Trinajstić information content (AvgIpc) is 3.01. The molecule has 27 heavy (non-hydrogen) atoms. The molecular weight excluding hydrogens is 366 g/mol. The molecule has 8 heteroatoms. The van der Waals surface area contributed by atoms with Gasteiger partial charge in [-0.25, -0.2) is 4.68 Å². The predicted octanol–water partition coefficient (Wildman–Crippen LogP) is 2.67. The number of nitrogens with one attached hydrogen (secondary N) is 2. The fourth-order valence-electron chi connectivity index (χ4n) is 3.09. The van der Waals surface area contributed by atoms with E-state index in [0.717, 1.165) is 49.5 Å². The molecule has 3 rings (SSSR count). The summed E-state index contributed by atoms with van der Waals surface area (Å²) in [7, 11) is 1.81. The second kappa shape index (κ2) is 10.3. The number of amides is 1. The van der Waals surface area contributed by atoms with Crippen LogP contribution in [0.4, 0.5) is 5.95 Å². The number of aromatic nitrogens is 3. The summed E-state index contributed by atoms with van der Waals surface area (Å²) in [6, 6.07) is 7.65. The average molecular weight is 394 g/mol. The molecule has 0 aliphatic carbocycles. The standard InChI is InChI=1S/C19H27N5O2.ClH/c1-3-11-26-16-6-4-5-14(12-16)13-17(25)21-19-22-18(23-24(19)2)15-7-9-20-10-8-15;/h4-6,12,15,20H,3,7-11,13H2,1-2H3,(H,21,22,23,25);1H. The summed E-state index contributed by atoms with van der Waals surface area (Å²) < 4.78 is 7.27. The van der Waals surface area contributed by atoms with Gasteiger partial charge in [-0.1, -0.05) is 19.1 Å². The lowest BCUT2D eigenvalue weighted by atomic mass is 9.98. The molecule has 0 saturated carbocycles. The van der Waals surface area contributed by atoms with Gasteiger partial charge in [0.1, 0.15) is 5.75 Å². The van der Waals surface area contributed by atoms with Crippen molar-refractivity contribution in [2.75, 3.05) is 25.0 Å². The number of piperidine rings is 1. The Morgan fingerprint density at radius 3 is 2.89 bits per heavy atom. The van der Waals surface area contributed by atoms with E-state index in [1.54, 1.807) is 4.68 Å². The van der Waals surface area contributed by atoms with Crippen molar-refractivity contribution >= 4 is 24.3 Å². The summed E-state index contributed by atoms with van der Waals surface area (Å²) in [5.74, 6) is 2.37. The van der Waals surface area contributed by atoms with Crippen LogP contribution in [0.2, 0.25) is 0 Å². The Labute approximate surface area is 166 Å². The van der Waals surface area contributed by atoms with Crippen LogP contribution in [-0.4, -0.2) is 40.4 Å². The third-order valence-corrected chi connectivity index (χ3v) is 4.47. The lowest BCUT2D eigenvalue weighted by Gasteiger charge is -2.19. The van der Waals surface area contributed by atoms with E-state index in [-0.39, 0.29) is 24.7 Å². The highest BCUT2D eigenvalue weighted by molar-refractivity contribution is 5.90. The van der Waals surface area contributed by atoms with Crippen LogP contribution in [0.3, 0.4) is 0 Å². The van der Waals surface area contributed by atoms with Gasteiger partial charge in [0.15, 0.2) is 5.82 Å². The van der Waals surface area contributed by atoms with Gasteiger partial charge in [-0.15, -0.1) is 12.4 Å². The van der Waals surface area contributed by atoms with E-state index >= 15 is 0 Å². The van der Waals surface area contributed by atoms with Gasteiger partial charge >= 0.3 is 0 Å². The second-order valence-corrected chi connectivity index (χ2v) is 6.66. The zero-order chi connectivity index (χ0) is 18.4. The van der Waals surface area contributed by atoms with E-state index < -0.39 is 0 Å². The first kappa shape index (κ1) is 21.2. The molecule has 1 aliphatic rings. The van der Waals surface area contributed by atoms with Crippen molar-refractivity contribution in [3.8, 4) is 5.75 Å². The Morgan fingerprint density at radius 2 is 2.15 bits per heavy atom. The zero-order valence-corrected chi connectivity index (χ0v) is 16.7. The van der Waals surface area contributed by atoms with E-state index in [1.807, 2.05) is 31.3 Å². The molecule has 2 heterocycles. The predicted molar refractivity (Wildman–Crippen MR) is 108 cm³/mol. The van der Waals surface area contributed by atoms with Gasteiger partial charge in [0.25, 0.3) is 0 Å².